The molecular weight excluding hydrogens is 472 g/mol. The summed E-state index contributed by atoms with van der Waals surface area (Å²) in [4.78, 5) is 38.5. The summed E-state index contributed by atoms with van der Waals surface area (Å²) in [6.45, 7) is 12.1. The lowest BCUT2D eigenvalue weighted by Crippen LogP contribution is -2.42. The number of hydrogen-bond acceptors (Lipinski definition) is 6. The van der Waals surface area contributed by atoms with Crippen molar-refractivity contribution in [2.75, 3.05) is 32.8 Å². The van der Waals surface area contributed by atoms with Crippen molar-refractivity contribution in [3.63, 3.8) is 0 Å². The molecule has 3 rings (SSSR count). The zero-order valence-electron chi connectivity index (χ0n) is 22.5. The van der Waals surface area contributed by atoms with Crippen molar-refractivity contribution in [3.8, 4) is 11.5 Å². The number of nitrogens with zero attached hydrogens (tertiary/aromatic N) is 1. The van der Waals surface area contributed by atoms with E-state index in [9.17, 15) is 14.4 Å². The number of piperidine rings is 1. The molecule has 1 aliphatic heterocycles. The summed E-state index contributed by atoms with van der Waals surface area (Å²) in [6, 6.07) is 12.5. The SMILES string of the molecule is CCOC(=O)Oc1ccc(C(=O)N2CCC(CNC(=O)COc3ccc(C)cc3C(C)(C)C)CC2)cc1. The lowest BCUT2D eigenvalue weighted by atomic mass is 9.85. The van der Waals surface area contributed by atoms with Crippen molar-refractivity contribution < 1.29 is 28.6 Å². The Balaban J connectivity index is 1.41. The summed E-state index contributed by atoms with van der Waals surface area (Å²) in [5.41, 5.74) is 2.69. The first kappa shape index (κ1) is 28.0. The van der Waals surface area contributed by atoms with Gasteiger partial charge in [0.15, 0.2) is 6.61 Å². The minimum Gasteiger partial charge on any atom is -0.483 e. The van der Waals surface area contributed by atoms with Gasteiger partial charge in [0.1, 0.15) is 11.5 Å². The Labute approximate surface area is 219 Å². The number of rotatable bonds is 8. The van der Waals surface area contributed by atoms with E-state index >= 15 is 0 Å². The molecule has 0 aliphatic carbocycles. The van der Waals surface area contributed by atoms with Crippen LogP contribution in [0.2, 0.25) is 0 Å². The molecule has 1 heterocycles. The van der Waals surface area contributed by atoms with Crippen LogP contribution in [0.3, 0.4) is 0 Å². The van der Waals surface area contributed by atoms with Crippen LogP contribution in [0.15, 0.2) is 42.5 Å². The molecule has 1 aliphatic rings. The lowest BCUT2D eigenvalue weighted by Gasteiger charge is -2.32. The minimum atomic E-state index is -0.771. The highest BCUT2D eigenvalue weighted by atomic mass is 16.7. The highest BCUT2D eigenvalue weighted by molar-refractivity contribution is 5.94. The van der Waals surface area contributed by atoms with Crippen LogP contribution >= 0.6 is 0 Å². The molecule has 200 valence electrons. The Hall–Kier alpha value is -3.55. The Kier molecular flexibility index (Phi) is 9.55. The fourth-order valence-corrected chi connectivity index (χ4v) is 4.24. The molecule has 8 heteroatoms. The third kappa shape index (κ3) is 8.23. The summed E-state index contributed by atoms with van der Waals surface area (Å²) in [5, 5.41) is 2.98. The molecule has 2 amide bonds. The van der Waals surface area contributed by atoms with Crippen molar-refractivity contribution in [1.29, 1.82) is 0 Å². The Morgan fingerprint density at radius 1 is 1.03 bits per heavy atom. The Bertz CT molecular complexity index is 1080. The average molecular weight is 511 g/mol. The van der Waals surface area contributed by atoms with Gasteiger partial charge in [-0.2, -0.15) is 0 Å². The summed E-state index contributed by atoms with van der Waals surface area (Å²) in [5.74, 6) is 1.15. The van der Waals surface area contributed by atoms with Gasteiger partial charge in [-0.3, -0.25) is 9.59 Å². The second-order valence-electron chi connectivity index (χ2n) is 10.4. The number of hydrogen-bond donors (Lipinski definition) is 1. The molecule has 1 saturated heterocycles. The van der Waals surface area contributed by atoms with E-state index in [0.29, 0.717) is 36.9 Å². The molecule has 2 aromatic carbocycles. The van der Waals surface area contributed by atoms with E-state index in [4.69, 9.17) is 14.2 Å². The predicted octanol–water partition coefficient (Wildman–Crippen LogP) is 4.88. The topological polar surface area (TPSA) is 94.2 Å². The van der Waals surface area contributed by atoms with Crippen LogP contribution < -0.4 is 14.8 Å². The molecule has 1 fully saturated rings. The third-order valence-corrected chi connectivity index (χ3v) is 6.36. The van der Waals surface area contributed by atoms with Crippen LogP contribution in [0.25, 0.3) is 0 Å². The number of benzene rings is 2. The molecule has 2 aromatic rings. The van der Waals surface area contributed by atoms with E-state index in [1.807, 2.05) is 24.0 Å². The first-order valence-corrected chi connectivity index (χ1v) is 12.8. The summed E-state index contributed by atoms with van der Waals surface area (Å²) in [6.07, 6.45) is 0.846. The maximum atomic E-state index is 12.9. The Morgan fingerprint density at radius 2 is 1.70 bits per heavy atom. The monoisotopic (exact) mass is 510 g/mol. The highest BCUT2D eigenvalue weighted by Crippen LogP contribution is 2.32. The summed E-state index contributed by atoms with van der Waals surface area (Å²) in [7, 11) is 0. The average Bonchev–Trinajstić information content (AvgIpc) is 2.86. The molecule has 0 radical (unpaired) electrons. The summed E-state index contributed by atoms with van der Waals surface area (Å²) < 4.78 is 15.6. The number of nitrogens with one attached hydrogen (secondary N) is 1. The maximum absolute atomic E-state index is 12.9. The van der Waals surface area contributed by atoms with Crippen molar-refractivity contribution in [3.05, 3.63) is 59.2 Å². The minimum absolute atomic E-state index is 0.0284. The van der Waals surface area contributed by atoms with Gasteiger partial charge in [-0.1, -0.05) is 38.5 Å². The molecule has 0 spiro atoms. The van der Waals surface area contributed by atoms with Crippen LogP contribution in [-0.4, -0.2) is 55.7 Å². The van der Waals surface area contributed by atoms with Crippen molar-refractivity contribution in [1.82, 2.24) is 10.2 Å². The van der Waals surface area contributed by atoms with Gasteiger partial charge < -0.3 is 24.4 Å². The molecule has 0 atom stereocenters. The second-order valence-corrected chi connectivity index (χ2v) is 10.4. The second kappa shape index (κ2) is 12.6. The van der Waals surface area contributed by atoms with E-state index < -0.39 is 6.16 Å². The standard InChI is InChI=1S/C29H38N2O6/c1-6-35-28(34)37-23-10-8-22(9-11-23)27(33)31-15-13-21(14-16-31)18-30-26(32)19-36-25-12-7-20(2)17-24(25)29(3,4)5/h7-12,17,21H,6,13-16,18-19H2,1-5H3,(H,30,32). The van der Waals surface area contributed by atoms with Crippen LogP contribution in [0.5, 0.6) is 11.5 Å². The van der Waals surface area contributed by atoms with Gasteiger partial charge in [0.05, 0.1) is 6.61 Å². The van der Waals surface area contributed by atoms with E-state index in [1.165, 1.54) is 0 Å². The molecule has 0 saturated carbocycles. The highest BCUT2D eigenvalue weighted by Gasteiger charge is 2.24. The summed E-state index contributed by atoms with van der Waals surface area (Å²) >= 11 is 0. The smallest absolute Gasteiger partial charge is 0.483 e. The van der Waals surface area contributed by atoms with Crippen LogP contribution in [0.4, 0.5) is 4.79 Å². The normalized spacial score (nSPS) is 14.1. The van der Waals surface area contributed by atoms with Gasteiger partial charge in [0.25, 0.3) is 11.8 Å². The van der Waals surface area contributed by atoms with Gasteiger partial charge in [-0.05, 0) is 73.9 Å². The largest absolute Gasteiger partial charge is 0.513 e. The first-order chi connectivity index (χ1) is 17.6. The molecule has 0 unspecified atom stereocenters. The van der Waals surface area contributed by atoms with Gasteiger partial charge in [-0.15, -0.1) is 0 Å². The van der Waals surface area contributed by atoms with Crippen molar-refractivity contribution in [2.45, 2.75) is 52.9 Å². The number of carbonyl (C=O) groups excluding carboxylic acids is 3. The molecule has 1 N–H and O–H groups in total. The van der Waals surface area contributed by atoms with Gasteiger partial charge >= 0.3 is 6.16 Å². The van der Waals surface area contributed by atoms with Gasteiger partial charge in [0.2, 0.25) is 0 Å². The maximum Gasteiger partial charge on any atom is 0.513 e. The molecule has 37 heavy (non-hydrogen) atoms. The fourth-order valence-electron chi connectivity index (χ4n) is 4.24. The Morgan fingerprint density at radius 3 is 2.32 bits per heavy atom. The van der Waals surface area contributed by atoms with Crippen LogP contribution in [-0.2, 0) is 14.9 Å². The quantitative estimate of drug-likeness (QED) is 0.402. The van der Waals surface area contributed by atoms with E-state index in [2.05, 4.69) is 32.2 Å². The van der Waals surface area contributed by atoms with Crippen LogP contribution in [0, 0.1) is 12.8 Å². The number of likely N-dealkylation sites (tertiary alicyclic amines) is 1. The molecule has 0 bridgehead atoms. The number of aryl methyl sites for hydroxylation is 1. The van der Waals surface area contributed by atoms with Gasteiger partial charge in [-0.25, -0.2) is 4.79 Å². The van der Waals surface area contributed by atoms with Crippen LogP contribution in [0.1, 0.15) is 62.0 Å². The first-order valence-electron chi connectivity index (χ1n) is 12.8. The lowest BCUT2D eigenvalue weighted by molar-refractivity contribution is -0.123. The van der Waals surface area contributed by atoms with E-state index in [1.54, 1.807) is 31.2 Å². The zero-order valence-corrected chi connectivity index (χ0v) is 22.5. The molecule has 8 nitrogen and oxygen atoms in total. The number of ether oxygens (including phenoxy) is 3. The number of carbonyl (C=O) groups is 3. The van der Waals surface area contributed by atoms with E-state index in [-0.39, 0.29) is 30.4 Å². The van der Waals surface area contributed by atoms with Crippen molar-refractivity contribution in [2.24, 2.45) is 5.92 Å². The molecule has 0 aromatic heterocycles. The van der Waals surface area contributed by atoms with E-state index in [0.717, 1.165) is 29.7 Å². The molecular formula is C29H38N2O6. The zero-order chi connectivity index (χ0) is 27.0. The predicted molar refractivity (Wildman–Crippen MR) is 141 cm³/mol. The third-order valence-electron chi connectivity index (χ3n) is 6.36. The van der Waals surface area contributed by atoms with Gasteiger partial charge in [0, 0.05) is 25.2 Å². The van der Waals surface area contributed by atoms with Crippen molar-refractivity contribution >= 4 is 18.0 Å². The number of amides is 2. The fraction of sp³-hybridized carbons (Fsp3) is 0.483.